The average molecular weight is 502 g/mol. The summed E-state index contributed by atoms with van der Waals surface area (Å²) in [7, 11) is 3.53. The number of aromatic nitrogens is 4. The van der Waals surface area contributed by atoms with Gasteiger partial charge in [0.1, 0.15) is 18.7 Å². The van der Waals surface area contributed by atoms with Crippen LogP contribution in [0.1, 0.15) is 48.7 Å². The highest BCUT2D eigenvalue weighted by atomic mass is 16.5. The number of carbonyl (C=O) groups excluding carboxylic acids is 1. The van der Waals surface area contributed by atoms with E-state index in [-0.39, 0.29) is 13.6 Å². The molecule has 0 aliphatic heterocycles. The van der Waals surface area contributed by atoms with Gasteiger partial charge in [-0.05, 0) is 68.0 Å². The van der Waals surface area contributed by atoms with Gasteiger partial charge in [-0.25, -0.2) is 15.0 Å². The summed E-state index contributed by atoms with van der Waals surface area (Å²) in [4.78, 5) is 22.3. The molecule has 0 radical (unpaired) electrons. The summed E-state index contributed by atoms with van der Waals surface area (Å²) in [5.74, 6) is 1.53. The number of hydrogen-bond acceptors (Lipinski definition) is 7. The van der Waals surface area contributed by atoms with Crippen molar-refractivity contribution in [2.75, 3.05) is 19.5 Å². The zero-order valence-electron chi connectivity index (χ0n) is 21.6. The summed E-state index contributed by atoms with van der Waals surface area (Å²) in [6.07, 6.45) is 7.34. The lowest BCUT2D eigenvalue weighted by Crippen LogP contribution is -2.15. The second kappa shape index (κ2) is 12.4. The third-order valence-corrected chi connectivity index (χ3v) is 6.69. The first-order valence-corrected chi connectivity index (χ1v) is 12.3. The van der Waals surface area contributed by atoms with E-state index >= 15 is 0 Å². The number of aryl methyl sites for hydroxylation is 2. The number of imidazole rings is 1. The van der Waals surface area contributed by atoms with Crippen LogP contribution in [0.4, 0.5) is 11.6 Å². The van der Waals surface area contributed by atoms with Crippen LogP contribution >= 0.6 is 0 Å². The number of carbonyl (C=O) groups is 1. The lowest BCUT2D eigenvalue weighted by molar-refractivity contribution is -0.0980. The van der Waals surface area contributed by atoms with Crippen molar-refractivity contribution < 1.29 is 15.7 Å². The van der Waals surface area contributed by atoms with Crippen LogP contribution < -0.4 is 5.32 Å². The maximum atomic E-state index is 8.00. The number of fused-ring (bicyclic) bond motifs is 1. The van der Waals surface area contributed by atoms with E-state index in [0.717, 1.165) is 59.8 Å². The van der Waals surface area contributed by atoms with Crippen LogP contribution in [0, 0.1) is 6.92 Å². The molecular weight excluding hydrogens is 466 g/mol. The van der Waals surface area contributed by atoms with E-state index in [1.807, 2.05) is 50.2 Å². The first kappa shape index (κ1) is 26.2. The molecule has 1 aliphatic carbocycles. The second-order valence-corrected chi connectivity index (χ2v) is 8.84. The zero-order valence-corrected chi connectivity index (χ0v) is 21.6. The van der Waals surface area contributed by atoms with E-state index in [1.165, 1.54) is 5.56 Å². The molecule has 4 aromatic rings. The molecule has 194 valence electrons. The standard InChI is InChI=1S/C28H31N5O2.CH2O.H2/c1-19-29-17-18-33(19)22-11-9-21(10-12-22)30-28-31-25-16-14-23(34-2)13-15-24(25)26(32-28)27(35-3)20-7-5-4-6-8-20;1-2;/h4-12,17-18,23,27H,13-16H2,1-3H3,(H,30,31,32);1H2;1H. The summed E-state index contributed by atoms with van der Waals surface area (Å²) >= 11 is 0. The molecule has 2 aromatic carbocycles. The van der Waals surface area contributed by atoms with Gasteiger partial charge in [0.2, 0.25) is 5.95 Å². The summed E-state index contributed by atoms with van der Waals surface area (Å²) in [6.45, 7) is 3.99. The summed E-state index contributed by atoms with van der Waals surface area (Å²) in [6, 6.07) is 18.4. The normalized spacial score (nSPS) is 15.6. The molecule has 2 unspecified atom stereocenters. The molecule has 8 nitrogen and oxygen atoms in total. The number of nitrogens with one attached hydrogen (secondary N) is 1. The molecule has 8 heteroatoms. The van der Waals surface area contributed by atoms with Gasteiger partial charge >= 0.3 is 0 Å². The van der Waals surface area contributed by atoms with Gasteiger partial charge in [0, 0.05) is 45.1 Å². The minimum Gasteiger partial charge on any atom is -0.381 e. The van der Waals surface area contributed by atoms with Crippen LogP contribution in [-0.4, -0.2) is 46.6 Å². The lowest BCUT2D eigenvalue weighted by atomic mass is 9.98. The molecule has 1 N–H and O–H groups in total. The fourth-order valence-corrected chi connectivity index (χ4v) is 4.80. The molecule has 1 aliphatic rings. The average Bonchev–Trinajstić information content (AvgIpc) is 3.26. The third-order valence-electron chi connectivity index (χ3n) is 6.69. The molecule has 0 bridgehead atoms. The van der Waals surface area contributed by atoms with Crippen molar-refractivity contribution in [2.24, 2.45) is 0 Å². The number of rotatable bonds is 7. The fraction of sp³-hybridized carbons (Fsp3) is 0.310. The first-order chi connectivity index (χ1) is 18.2. The highest BCUT2D eigenvalue weighted by Crippen LogP contribution is 2.33. The van der Waals surface area contributed by atoms with Crippen LogP contribution in [0.2, 0.25) is 0 Å². The second-order valence-electron chi connectivity index (χ2n) is 8.84. The van der Waals surface area contributed by atoms with Crippen molar-refractivity contribution in [3.8, 4) is 5.69 Å². The molecule has 37 heavy (non-hydrogen) atoms. The van der Waals surface area contributed by atoms with Gasteiger partial charge in [-0.3, -0.25) is 0 Å². The number of anilines is 2. The van der Waals surface area contributed by atoms with Gasteiger partial charge in [0.25, 0.3) is 0 Å². The van der Waals surface area contributed by atoms with Crippen LogP contribution in [0.3, 0.4) is 0 Å². The SMILES string of the molecule is C=O.COC1CCc2nc(Nc3ccc(-n4ccnc4C)cc3)nc(C(OC)c3ccccc3)c2CC1.[HH]. The Balaban J connectivity index is 0.00000130. The van der Waals surface area contributed by atoms with Crippen LogP contribution in [-0.2, 0) is 27.1 Å². The molecule has 2 aromatic heterocycles. The van der Waals surface area contributed by atoms with E-state index in [0.29, 0.717) is 5.95 Å². The Morgan fingerprint density at radius 3 is 2.41 bits per heavy atom. The molecule has 0 saturated carbocycles. The highest BCUT2D eigenvalue weighted by molar-refractivity contribution is 5.57. The van der Waals surface area contributed by atoms with Gasteiger partial charge in [-0.15, -0.1) is 0 Å². The minimum absolute atomic E-state index is 0. The predicted octanol–water partition coefficient (Wildman–Crippen LogP) is 5.41. The van der Waals surface area contributed by atoms with E-state index in [4.69, 9.17) is 24.2 Å². The zero-order chi connectivity index (χ0) is 26.2. The Kier molecular flexibility index (Phi) is 8.77. The van der Waals surface area contributed by atoms with Crippen molar-refractivity contribution in [3.05, 3.63) is 95.3 Å². The van der Waals surface area contributed by atoms with Gasteiger partial charge in [0.15, 0.2) is 0 Å². The molecule has 2 heterocycles. The van der Waals surface area contributed by atoms with Gasteiger partial charge in [-0.2, -0.15) is 0 Å². The summed E-state index contributed by atoms with van der Waals surface area (Å²) < 4.78 is 13.7. The topological polar surface area (TPSA) is 91.2 Å². The Labute approximate surface area is 219 Å². The lowest BCUT2D eigenvalue weighted by Gasteiger charge is -2.21. The van der Waals surface area contributed by atoms with Crippen molar-refractivity contribution in [1.29, 1.82) is 0 Å². The van der Waals surface area contributed by atoms with Crippen LogP contribution in [0.5, 0.6) is 0 Å². The summed E-state index contributed by atoms with van der Waals surface area (Å²) in [5.41, 5.74) is 6.23. The van der Waals surface area contributed by atoms with E-state index < -0.39 is 0 Å². The molecule has 5 rings (SSSR count). The Bertz CT molecular complexity index is 1300. The number of methoxy groups -OCH3 is 2. The Hall–Kier alpha value is -3.88. The largest absolute Gasteiger partial charge is 0.381 e. The molecular formula is C29H35N5O3. The number of nitrogens with zero attached hydrogens (tertiary/aromatic N) is 4. The van der Waals surface area contributed by atoms with Gasteiger partial charge in [-0.1, -0.05) is 30.3 Å². The van der Waals surface area contributed by atoms with Crippen molar-refractivity contribution in [2.45, 2.75) is 44.8 Å². The van der Waals surface area contributed by atoms with Crippen molar-refractivity contribution >= 4 is 18.4 Å². The molecule has 0 saturated heterocycles. The number of benzene rings is 2. The van der Waals surface area contributed by atoms with Crippen molar-refractivity contribution in [3.63, 3.8) is 0 Å². The van der Waals surface area contributed by atoms with E-state index in [2.05, 4.69) is 39.1 Å². The van der Waals surface area contributed by atoms with Gasteiger partial charge < -0.3 is 24.2 Å². The van der Waals surface area contributed by atoms with Crippen LogP contribution in [0.15, 0.2) is 67.0 Å². The Morgan fingerprint density at radius 2 is 1.76 bits per heavy atom. The quantitative estimate of drug-likeness (QED) is 0.339. The van der Waals surface area contributed by atoms with E-state index in [1.54, 1.807) is 20.4 Å². The first-order valence-electron chi connectivity index (χ1n) is 12.3. The minimum atomic E-state index is -0.265. The molecule has 2 atom stereocenters. The summed E-state index contributed by atoms with van der Waals surface area (Å²) in [5, 5.41) is 3.42. The van der Waals surface area contributed by atoms with E-state index in [9.17, 15) is 0 Å². The number of hydrogen-bond donors (Lipinski definition) is 1. The van der Waals surface area contributed by atoms with Crippen LogP contribution in [0.25, 0.3) is 5.69 Å². The highest BCUT2D eigenvalue weighted by Gasteiger charge is 2.26. The van der Waals surface area contributed by atoms with Gasteiger partial charge in [0.05, 0.1) is 11.8 Å². The predicted molar refractivity (Wildman–Crippen MR) is 146 cm³/mol. The van der Waals surface area contributed by atoms with Crippen molar-refractivity contribution in [1.82, 2.24) is 19.5 Å². The monoisotopic (exact) mass is 501 g/mol. The Morgan fingerprint density at radius 1 is 1.03 bits per heavy atom. The fourth-order valence-electron chi connectivity index (χ4n) is 4.80. The molecule has 0 fully saturated rings. The molecule has 0 spiro atoms. The maximum Gasteiger partial charge on any atom is 0.227 e. The maximum absolute atomic E-state index is 8.00. The molecule has 0 amide bonds. The third kappa shape index (κ3) is 5.93. The smallest absolute Gasteiger partial charge is 0.227 e. The number of ether oxygens (including phenoxy) is 2.